The summed E-state index contributed by atoms with van der Waals surface area (Å²) in [5.74, 6) is -0.0367. The Bertz CT molecular complexity index is 545. The van der Waals surface area contributed by atoms with Gasteiger partial charge in [-0.3, -0.25) is 9.59 Å². The predicted molar refractivity (Wildman–Crippen MR) is 99.5 cm³/mol. The fraction of sp³-hybridized carbons (Fsp3) is 0.556. The molecule has 0 saturated carbocycles. The minimum atomic E-state index is -0.134. The van der Waals surface area contributed by atoms with Gasteiger partial charge in [0.15, 0.2) is 0 Å². The molecule has 1 atom stereocenters. The van der Waals surface area contributed by atoms with Crippen LogP contribution in [-0.2, 0) is 9.59 Å². The molecule has 24 heavy (non-hydrogen) atoms. The van der Waals surface area contributed by atoms with Crippen molar-refractivity contribution >= 4 is 29.9 Å². The normalized spacial score (nSPS) is 16.8. The van der Waals surface area contributed by atoms with E-state index in [0.29, 0.717) is 6.54 Å². The molecular weight excluding hydrogens is 326 g/mol. The Morgan fingerprint density at radius 2 is 2.08 bits per heavy atom. The monoisotopic (exact) mass is 353 g/mol. The average Bonchev–Trinajstić information content (AvgIpc) is 2.57. The first-order valence-electron chi connectivity index (χ1n) is 8.46. The second-order valence-electron chi connectivity index (χ2n) is 6.17. The number of piperidine rings is 1. The molecule has 2 amide bonds. The topological polar surface area (TPSA) is 61.4 Å². The third-order valence-electron chi connectivity index (χ3n) is 4.20. The van der Waals surface area contributed by atoms with Crippen LogP contribution in [-0.4, -0.2) is 42.9 Å². The molecule has 1 heterocycles. The molecule has 6 heteroatoms. The maximum atomic E-state index is 12.6. The second kappa shape index (κ2) is 10.3. The van der Waals surface area contributed by atoms with E-state index in [2.05, 4.69) is 10.6 Å². The number of halogens is 1. The molecule has 1 aliphatic heterocycles. The van der Waals surface area contributed by atoms with E-state index < -0.39 is 0 Å². The standard InChI is InChI=1S/C18H27N3O2.ClH/c1-3-11-21(18(23)15-8-6-10-19-12-15)13-17(22)20-16-9-5-4-7-14(16)2;/h4-5,7,9,15,19H,3,6,8,10-13H2,1-2H3,(H,20,22);1H. The summed E-state index contributed by atoms with van der Waals surface area (Å²) in [5.41, 5.74) is 1.83. The molecular formula is C18H28ClN3O2. The number of nitrogens with one attached hydrogen (secondary N) is 2. The molecule has 1 saturated heterocycles. The number of benzene rings is 1. The van der Waals surface area contributed by atoms with Crippen LogP contribution in [0.25, 0.3) is 0 Å². The average molecular weight is 354 g/mol. The first-order valence-corrected chi connectivity index (χ1v) is 8.46. The zero-order valence-electron chi connectivity index (χ0n) is 14.5. The molecule has 134 valence electrons. The van der Waals surface area contributed by atoms with E-state index in [0.717, 1.165) is 43.6 Å². The number of nitrogens with zero attached hydrogens (tertiary/aromatic N) is 1. The molecule has 5 nitrogen and oxygen atoms in total. The van der Waals surface area contributed by atoms with Crippen molar-refractivity contribution in [1.82, 2.24) is 10.2 Å². The molecule has 1 fully saturated rings. The lowest BCUT2D eigenvalue weighted by Crippen LogP contribution is -2.46. The first-order chi connectivity index (χ1) is 11.1. The molecule has 1 unspecified atom stereocenters. The van der Waals surface area contributed by atoms with Gasteiger partial charge < -0.3 is 15.5 Å². The summed E-state index contributed by atoms with van der Waals surface area (Å²) in [6, 6.07) is 7.67. The third kappa shape index (κ3) is 5.80. The SMILES string of the molecule is CCCN(CC(=O)Nc1ccccc1C)C(=O)C1CCCNC1.Cl. The molecule has 2 N–H and O–H groups in total. The van der Waals surface area contributed by atoms with E-state index in [-0.39, 0.29) is 36.7 Å². The van der Waals surface area contributed by atoms with E-state index in [1.807, 2.05) is 38.1 Å². The summed E-state index contributed by atoms with van der Waals surface area (Å²) in [4.78, 5) is 26.7. The van der Waals surface area contributed by atoms with E-state index in [1.165, 1.54) is 0 Å². The van der Waals surface area contributed by atoms with Crippen molar-refractivity contribution in [2.24, 2.45) is 5.92 Å². The Labute approximate surface area is 150 Å². The number of amides is 2. The van der Waals surface area contributed by atoms with Gasteiger partial charge in [0, 0.05) is 18.8 Å². The summed E-state index contributed by atoms with van der Waals surface area (Å²) in [5, 5.41) is 6.17. The fourth-order valence-corrected chi connectivity index (χ4v) is 2.93. The minimum absolute atomic E-state index is 0. The summed E-state index contributed by atoms with van der Waals surface area (Å²) < 4.78 is 0. The minimum Gasteiger partial charge on any atom is -0.333 e. The molecule has 1 aromatic carbocycles. The van der Waals surface area contributed by atoms with Crippen molar-refractivity contribution in [3.8, 4) is 0 Å². The van der Waals surface area contributed by atoms with Gasteiger partial charge in [-0.05, 0) is 44.4 Å². The number of anilines is 1. The highest BCUT2D eigenvalue weighted by Crippen LogP contribution is 2.15. The first kappa shape index (κ1) is 20.5. The predicted octanol–water partition coefficient (Wildman–Crippen LogP) is 2.59. The number of rotatable bonds is 6. The van der Waals surface area contributed by atoms with Gasteiger partial charge in [0.25, 0.3) is 0 Å². The molecule has 0 radical (unpaired) electrons. The summed E-state index contributed by atoms with van der Waals surface area (Å²) in [6.45, 7) is 6.43. The summed E-state index contributed by atoms with van der Waals surface area (Å²) in [7, 11) is 0. The number of para-hydroxylation sites is 1. The van der Waals surface area contributed by atoms with Gasteiger partial charge in [0.2, 0.25) is 11.8 Å². The fourth-order valence-electron chi connectivity index (χ4n) is 2.93. The lowest BCUT2D eigenvalue weighted by molar-refractivity contribution is -0.138. The van der Waals surface area contributed by atoms with Crippen LogP contribution in [0.15, 0.2) is 24.3 Å². The Balaban J connectivity index is 0.00000288. The molecule has 0 spiro atoms. The van der Waals surface area contributed by atoms with Crippen LogP contribution in [0.2, 0.25) is 0 Å². The van der Waals surface area contributed by atoms with Gasteiger partial charge >= 0.3 is 0 Å². The largest absolute Gasteiger partial charge is 0.333 e. The lowest BCUT2D eigenvalue weighted by Gasteiger charge is -2.29. The number of carbonyl (C=O) groups excluding carboxylic acids is 2. The Kier molecular flexibility index (Phi) is 8.79. The van der Waals surface area contributed by atoms with Crippen molar-refractivity contribution < 1.29 is 9.59 Å². The van der Waals surface area contributed by atoms with Crippen LogP contribution in [0.5, 0.6) is 0 Å². The molecule has 1 aromatic rings. The van der Waals surface area contributed by atoms with E-state index in [1.54, 1.807) is 4.90 Å². The Morgan fingerprint density at radius 3 is 2.71 bits per heavy atom. The summed E-state index contributed by atoms with van der Waals surface area (Å²) >= 11 is 0. The van der Waals surface area contributed by atoms with Gasteiger partial charge in [-0.25, -0.2) is 0 Å². The quantitative estimate of drug-likeness (QED) is 0.826. The number of aryl methyl sites for hydroxylation is 1. The highest BCUT2D eigenvalue weighted by atomic mass is 35.5. The van der Waals surface area contributed by atoms with E-state index >= 15 is 0 Å². The van der Waals surface area contributed by atoms with Crippen LogP contribution in [0.4, 0.5) is 5.69 Å². The van der Waals surface area contributed by atoms with Crippen molar-refractivity contribution in [2.75, 3.05) is 31.5 Å². The van der Waals surface area contributed by atoms with Crippen LogP contribution < -0.4 is 10.6 Å². The summed E-state index contributed by atoms with van der Waals surface area (Å²) in [6.07, 6.45) is 2.78. The molecule has 0 bridgehead atoms. The van der Waals surface area contributed by atoms with Crippen LogP contribution in [0.1, 0.15) is 31.7 Å². The number of hydrogen-bond donors (Lipinski definition) is 2. The third-order valence-corrected chi connectivity index (χ3v) is 4.20. The van der Waals surface area contributed by atoms with Crippen molar-refractivity contribution in [3.63, 3.8) is 0 Å². The Hall–Kier alpha value is -1.59. The van der Waals surface area contributed by atoms with Crippen molar-refractivity contribution in [2.45, 2.75) is 33.1 Å². The van der Waals surface area contributed by atoms with Crippen molar-refractivity contribution in [1.29, 1.82) is 0 Å². The lowest BCUT2D eigenvalue weighted by atomic mass is 9.98. The van der Waals surface area contributed by atoms with E-state index in [4.69, 9.17) is 0 Å². The maximum absolute atomic E-state index is 12.6. The van der Waals surface area contributed by atoms with Crippen LogP contribution >= 0.6 is 12.4 Å². The van der Waals surface area contributed by atoms with Gasteiger partial charge in [-0.1, -0.05) is 25.1 Å². The van der Waals surface area contributed by atoms with E-state index in [9.17, 15) is 9.59 Å². The van der Waals surface area contributed by atoms with Gasteiger partial charge in [-0.2, -0.15) is 0 Å². The number of hydrogen-bond acceptors (Lipinski definition) is 3. The Morgan fingerprint density at radius 1 is 1.33 bits per heavy atom. The number of carbonyl (C=O) groups is 2. The molecule has 1 aliphatic rings. The maximum Gasteiger partial charge on any atom is 0.244 e. The highest BCUT2D eigenvalue weighted by molar-refractivity contribution is 5.95. The van der Waals surface area contributed by atoms with Crippen LogP contribution in [0.3, 0.4) is 0 Å². The molecule has 0 aliphatic carbocycles. The molecule has 2 rings (SSSR count). The van der Waals surface area contributed by atoms with Crippen molar-refractivity contribution in [3.05, 3.63) is 29.8 Å². The zero-order valence-corrected chi connectivity index (χ0v) is 15.3. The second-order valence-corrected chi connectivity index (χ2v) is 6.17. The smallest absolute Gasteiger partial charge is 0.244 e. The zero-order chi connectivity index (χ0) is 16.7. The van der Waals surface area contributed by atoms with Crippen LogP contribution in [0, 0.1) is 12.8 Å². The van der Waals surface area contributed by atoms with Gasteiger partial charge in [-0.15, -0.1) is 12.4 Å². The highest BCUT2D eigenvalue weighted by Gasteiger charge is 2.26. The van der Waals surface area contributed by atoms with Gasteiger partial charge in [0.05, 0.1) is 12.5 Å². The van der Waals surface area contributed by atoms with Gasteiger partial charge in [0.1, 0.15) is 0 Å². The molecule has 0 aromatic heterocycles.